The summed E-state index contributed by atoms with van der Waals surface area (Å²) in [6.07, 6.45) is 2.94. The number of anilines is 1. The monoisotopic (exact) mass is 431 g/mol. The Kier molecular flexibility index (Phi) is 6.28. The number of methoxy groups -OCH3 is 1. The first-order valence-corrected chi connectivity index (χ1v) is 11.1. The summed E-state index contributed by atoms with van der Waals surface area (Å²) in [4.78, 5) is 24.5. The number of nitrogens with zero attached hydrogens (tertiary/aromatic N) is 3. The summed E-state index contributed by atoms with van der Waals surface area (Å²) in [7, 11) is 1.65. The second kappa shape index (κ2) is 9.27. The molecule has 2 aromatic heterocycles. The van der Waals surface area contributed by atoms with Gasteiger partial charge in [0.05, 0.1) is 36.0 Å². The smallest absolute Gasteiger partial charge is 0.233 e. The van der Waals surface area contributed by atoms with Crippen molar-refractivity contribution in [3.63, 3.8) is 0 Å². The van der Waals surface area contributed by atoms with E-state index in [4.69, 9.17) is 9.72 Å². The Bertz CT molecular complexity index is 1200. The van der Waals surface area contributed by atoms with E-state index < -0.39 is 0 Å². The van der Waals surface area contributed by atoms with Gasteiger partial charge in [0.2, 0.25) is 5.91 Å². The van der Waals surface area contributed by atoms with Crippen LogP contribution in [0.2, 0.25) is 0 Å². The van der Waals surface area contributed by atoms with Crippen LogP contribution in [0.4, 0.5) is 5.13 Å². The first-order valence-electron chi connectivity index (χ1n) is 10.3. The van der Waals surface area contributed by atoms with Crippen LogP contribution < -0.4 is 9.64 Å². The molecular weight excluding hydrogens is 406 g/mol. The zero-order valence-electron chi connectivity index (χ0n) is 18.0. The van der Waals surface area contributed by atoms with Crippen LogP contribution in [-0.2, 0) is 24.2 Å². The summed E-state index contributed by atoms with van der Waals surface area (Å²) in [5.41, 5.74) is 4.96. The molecule has 0 aliphatic carbocycles. The fourth-order valence-electron chi connectivity index (χ4n) is 3.63. The van der Waals surface area contributed by atoms with Crippen LogP contribution in [-0.4, -0.2) is 23.0 Å². The molecule has 0 unspecified atom stereocenters. The van der Waals surface area contributed by atoms with Gasteiger partial charge in [0.25, 0.3) is 0 Å². The Morgan fingerprint density at radius 1 is 1.13 bits per heavy atom. The van der Waals surface area contributed by atoms with Crippen molar-refractivity contribution in [3.8, 4) is 5.75 Å². The van der Waals surface area contributed by atoms with E-state index in [1.165, 1.54) is 5.56 Å². The topological polar surface area (TPSA) is 55.3 Å². The van der Waals surface area contributed by atoms with Crippen molar-refractivity contribution in [2.45, 2.75) is 33.2 Å². The van der Waals surface area contributed by atoms with Crippen molar-refractivity contribution in [1.29, 1.82) is 0 Å². The average Bonchev–Trinajstić information content (AvgIpc) is 3.22. The number of rotatable bonds is 7. The van der Waals surface area contributed by atoms with Crippen LogP contribution in [0.25, 0.3) is 10.2 Å². The SMILES string of the molecule is CCc1cccc2sc(N(Cc3ccccn3)C(=O)Cc3ccc(OC)c(C)c3)nc12. The third-order valence-electron chi connectivity index (χ3n) is 5.26. The Morgan fingerprint density at radius 3 is 2.71 bits per heavy atom. The molecule has 0 saturated carbocycles. The quantitative estimate of drug-likeness (QED) is 0.396. The number of ether oxygens (including phenoxy) is 1. The number of benzene rings is 2. The van der Waals surface area contributed by atoms with E-state index in [-0.39, 0.29) is 12.3 Å². The van der Waals surface area contributed by atoms with Gasteiger partial charge in [-0.05, 0) is 54.3 Å². The number of fused-ring (bicyclic) bond motifs is 1. The van der Waals surface area contributed by atoms with Gasteiger partial charge in [0.1, 0.15) is 5.75 Å². The van der Waals surface area contributed by atoms with Crippen LogP contribution in [0.1, 0.15) is 29.3 Å². The molecule has 31 heavy (non-hydrogen) atoms. The molecule has 0 aliphatic heterocycles. The largest absolute Gasteiger partial charge is 0.496 e. The van der Waals surface area contributed by atoms with Gasteiger partial charge in [0, 0.05) is 6.20 Å². The van der Waals surface area contributed by atoms with Crippen LogP contribution in [0.5, 0.6) is 5.75 Å². The number of hydrogen-bond donors (Lipinski definition) is 0. The number of thiazole rings is 1. The van der Waals surface area contributed by atoms with Crippen LogP contribution >= 0.6 is 11.3 Å². The molecule has 0 N–H and O–H groups in total. The maximum Gasteiger partial charge on any atom is 0.233 e. The molecule has 2 heterocycles. The van der Waals surface area contributed by atoms with Gasteiger partial charge in [-0.15, -0.1) is 0 Å². The molecule has 4 rings (SSSR count). The highest BCUT2D eigenvalue weighted by atomic mass is 32.1. The molecule has 0 saturated heterocycles. The predicted molar refractivity (Wildman–Crippen MR) is 126 cm³/mol. The van der Waals surface area contributed by atoms with E-state index >= 15 is 0 Å². The van der Waals surface area contributed by atoms with E-state index in [1.54, 1.807) is 29.5 Å². The minimum Gasteiger partial charge on any atom is -0.496 e. The third-order valence-corrected chi connectivity index (χ3v) is 6.31. The molecule has 0 bridgehead atoms. The van der Waals surface area contributed by atoms with Crippen molar-refractivity contribution in [2.75, 3.05) is 12.0 Å². The molecule has 5 nitrogen and oxygen atoms in total. The zero-order valence-corrected chi connectivity index (χ0v) is 18.8. The van der Waals surface area contributed by atoms with Crippen LogP contribution in [0.3, 0.4) is 0 Å². The zero-order chi connectivity index (χ0) is 21.8. The summed E-state index contributed by atoms with van der Waals surface area (Å²) >= 11 is 1.55. The number of carbonyl (C=O) groups excluding carboxylic acids is 1. The van der Waals surface area contributed by atoms with Crippen LogP contribution in [0.15, 0.2) is 60.8 Å². The summed E-state index contributed by atoms with van der Waals surface area (Å²) in [6, 6.07) is 17.8. The lowest BCUT2D eigenvalue weighted by atomic mass is 10.1. The van der Waals surface area contributed by atoms with E-state index in [9.17, 15) is 4.79 Å². The number of carbonyl (C=O) groups is 1. The number of hydrogen-bond acceptors (Lipinski definition) is 5. The predicted octanol–water partition coefficient (Wildman–Crippen LogP) is 5.35. The molecular formula is C25H25N3O2S. The highest BCUT2D eigenvalue weighted by molar-refractivity contribution is 7.22. The summed E-state index contributed by atoms with van der Waals surface area (Å²) < 4.78 is 6.44. The van der Waals surface area contributed by atoms with Crippen molar-refractivity contribution >= 4 is 32.6 Å². The van der Waals surface area contributed by atoms with Crippen molar-refractivity contribution in [3.05, 3.63) is 83.2 Å². The highest BCUT2D eigenvalue weighted by Gasteiger charge is 2.22. The molecule has 0 aliphatic rings. The molecule has 6 heteroatoms. The lowest BCUT2D eigenvalue weighted by molar-refractivity contribution is -0.118. The van der Waals surface area contributed by atoms with E-state index in [0.29, 0.717) is 11.7 Å². The minimum absolute atomic E-state index is 0.00711. The van der Waals surface area contributed by atoms with Crippen molar-refractivity contribution in [1.82, 2.24) is 9.97 Å². The number of pyridine rings is 1. The van der Waals surface area contributed by atoms with E-state index in [1.807, 2.05) is 49.4 Å². The van der Waals surface area contributed by atoms with Gasteiger partial charge in [-0.3, -0.25) is 14.7 Å². The second-order valence-electron chi connectivity index (χ2n) is 7.40. The number of aromatic nitrogens is 2. The second-order valence-corrected chi connectivity index (χ2v) is 8.40. The lowest BCUT2D eigenvalue weighted by Crippen LogP contribution is -2.32. The molecule has 2 aromatic carbocycles. The molecule has 158 valence electrons. The fraction of sp³-hybridized carbons (Fsp3) is 0.240. The summed E-state index contributed by atoms with van der Waals surface area (Å²) in [5.74, 6) is 0.812. The van der Waals surface area contributed by atoms with E-state index in [0.717, 1.165) is 39.2 Å². The average molecular weight is 432 g/mol. The fourth-order valence-corrected chi connectivity index (χ4v) is 4.66. The third kappa shape index (κ3) is 4.59. The lowest BCUT2D eigenvalue weighted by Gasteiger charge is -2.20. The standard InChI is InChI=1S/C25H25N3O2S/c1-4-19-8-7-10-22-24(19)27-25(31-22)28(16-20-9-5-6-13-26-20)23(29)15-18-11-12-21(30-3)17(2)14-18/h5-14H,4,15-16H2,1-3H3. The van der Waals surface area contributed by atoms with Gasteiger partial charge in [-0.2, -0.15) is 0 Å². The van der Waals surface area contributed by atoms with Gasteiger partial charge in [0.15, 0.2) is 5.13 Å². The Labute approximate surface area is 186 Å². The maximum atomic E-state index is 13.4. The molecule has 0 fully saturated rings. The number of amides is 1. The van der Waals surface area contributed by atoms with Gasteiger partial charge in [-0.25, -0.2) is 4.98 Å². The van der Waals surface area contributed by atoms with Gasteiger partial charge >= 0.3 is 0 Å². The molecule has 0 atom stereocenters. The number of aryl methyl sites for hydroxylation is 2. The van der Waals surface area contributed by atoms with Gasteiger partial charge in [-0.1, -0.05) is 48.6 Å². The van der Waals surface area contributed by atoms with E-state index in [2.05, 4.69) is 24.0 Å². The number of para-hydroxylation sites is 1. The normalized spacial score (nSPS) is 10.9. The maximum absolute atomic E-state index is 13.4. The molecule has 4 aromatic rings. The summed E-state index contributed by atoms with van der Waals surface area (Å²) in [6.45, 7) is 4.49. The van der Waals surface area contributed by atoms with Crippen LogP contribution in [0, 0.1) is 6.92 Å². The highest BCUT2D eigenvalue weighted by Crippen LogP contribution is 2.32. The van der Waals surface area contributed by atoms with Crippen molar-refractivity contribution < 1.29 is 9.53 Å². The van der Waals surface area contributed by atoms with Gasteiger partial charge < -0.3 is 4.74 Å². The first-order chi connectivity index (χ1) is 15.1. The molecule has 0 radical (unpaired) electrons. The van der Waals surface area contributed by atoms with Crippen molar-refractivity contribution in [2.24, 2.45) is 0 Å². The Balaban J connectivity index is 1.69. The first kappa shape index (κ1) is 21.0. The Hall–Kier alpha value is -3.25. The minimum atomic E-state index is -0.00711. The molecule has 1 amide bonds. The summed E-state index contributed by atoms with van der Waals surface area (Å²) in [5, 5.41) is 0.705. The molecule has 0 spiro atoms. The Morgan fingerprint density at radius 2 is 2.00 bits per heavy atom.